The summed E-state index contributed by atoms with van der Waals surface area (Å²) in [5.41, 5.74) is 9.64. The first kappa shape index (κ1) is 12.7. The largest absolute Gasteiger partial charge is 0.330 e. The first-order valence-corrected chi connectivity index (χ1v) is 5.94. The van der Waals surface area contributed by atoms with E-state index in [2.05, 4.69) is 10.1 Å². The molecule has 0 amide bonds. The van der Waals surface area contributed by atoms with Crippen molar-refractivity contribution in [3.05, 3.63) is 46.8 Å². The van der Waals surface area contributed by atoms with Crippen molar-refractivity contribution in [2.45, 2.75) is 26.8 Å². The van der Waals surface area contributed by atoms with Gasteiger partial charge in [0.25, 0.3) is 0 Å². The zero-order valence-corrected chi connectivity index (χ0v) is 10.7. The van der Waals surface area contributed by atoms with Crippen molar-refractivity contribution in [3.63, 3.8) is 0 Å². The molecule has 0 unspecified atom stereocenters. The lowest BCUT2D eigenvalue weighted by Gasteiger charge is -2.05. The van der Waals surface area contributed by atoms with Crippen molar-refractivity contribution in [2.75, 3.05) is 6.54 Å². The summed E-state index contributed by atoms with van der Waals surface area (Å²) in [6.45, 7) is 5.12. The van der Waals surface area contributed by atoms with E-state index in [-0.39, 0.29) is 5.82 Å². The highest BCUT2D eigenvalue weighted by atomic mass is 19.1. The minimum absolute atomic E-state index is 0.323. The summed E-state index contributed by atoms with van der Waals surface area (Å²) in [4.78, 5) is 3.84. The Hall–Kier alpha value is -1.75. The Bertz CT molecular complexity index is 548. The van der Waals surface area contributed by atoms with Crippen LogP contribution in [0.1, 0.15) is 22.5 Å². The van der Waals surface area contributed by atoms with Gasteiger partial charge in [0.1, 0.15) is 5.82 Å². The molecule has 5 heteroatoms. The Balaban J connectivity index is 2.27. The van der Waals surface area contributed by atoms with E-state index >= 15 is 0 Å². The Morgan fingerprint density at radius 1 is 1.33 bits per heavy atom. The smallest absolute Gasteiger partial charge is 0.141 e. The zero-order chi connectivity index (χ0) is 13.1. The summed E-state index contributed by atoms with van der Waals surface area (Å²) < 4.78 is 14.9. The Morgan fingerprint density at radius 2 is 2.11 bits per heavy atom. The molecule has 0 aliphatic rings. The second-order valence-corrected chi connectivity index (χ2v) is 4.36. The maximum absolute atomic E-state index is 13.1. The molecular formula is C13H17FN4. The number of rotatable bonds is 4. The molecule has 0 bridgehead atoms. The van der Waals surface area contributed by atoms with Gasteiger partial charge in [-0.1, -0.05) is 0 Å². The van der Waals surface area contributed by atoms with E-state index in [1.54, 1.807) is 6.20 Å². The molecule has 0 aromatic carbocycles. The van der Waals surface area contributed by atoms with Gasteiger partial charge in [-0.25, -0.2) is 4.39 Å². The third kappa shape index (κ3) is 2.56. The van der Waals surface area contributed by atoms with E-state index in [9.17, 15) is 4.39 Å². The Morgan fingerprint density at radius 3 is 2.78 bits per heavy atom. The van der Waals surface area contributed by atoms with Gasteiger partial charge in [-0.05, 0) is 44.0 Å². The van der Waals surface area contributed by atoms with Gasteiger partial charge in [0.15, 0.2) is 0 Å². The maximum atomic E-state index is 13.1. The number of nitrogens with two attached hydrogens (primary N) is 1. The Kier molecular flexibility index (Phi) is 3.72. The Labute approximate surface area is 106 Å². The minimum atomic E-state index is -0.323. The summed E-state index contributed by atoms with van der Waals surface area (Å²) >= 11 is 0. The van der Waals surface area contributed by atoms with Crippen LogP contribution in [-0.2, 0) is 13.0 Å². The van der Waals surface area contributed by atoms with Gasteiger partial charge in [0.2, 0.25) is 0 Å². The van der Waals surface area contributed by atoms with Crippen molar-refractivity contribution in [2.24, 2.45) is 5.73 Å². The summed E-state index contributed by atoms with van der Waals surface area (Å²) in [7, 11) is 0. The van der Waals surface area contributed by atoms with Crippen LogP contribution in [0.25, 0.3) is 0 Å². The monoisotopic (exact) mass is 248 g/mol. The van der Waals surface area contributed by atoms with Crippen LogP contribution in [0.2, 0.25) is 0 Å². The zero-order valence-electron chi connectivity index (χ0n) is 10.7. The van der Waals surface area contributed by atoms with Crippen molar-refractivity contribution < 1.29 is 4.39 Å². The highest BCUT2D eigenvalue weighted by Gasteiger charge is 2.11. The number of hydrogen-bond acceptors (Lipinski definition) is 3. The van der Waals surface area contributed by atoms with Crippen LogP contribution in [0.5, 0.6) is 0 Å². The normalized spacial score (nSPS) is 10.9. The average Bonchev–Trinajstić information content (AvgIpc) is 2.57. The van der Waals surface area contributed by atoms with Crippen molar-refractivity contribution in [1.82, 2.24) is 14.8 Å². The number of halogens is 1. The fourth-order valence-electron chi connectivity index (χ4n) is 2.11. The lowest BCUT2D eigenvalue weighted by atomic mass is 10.1. The van der Waals surface area contributed by atoms with Gasteiger partial charge >= 0.3 is 0 Å². The molecule has 96 valence electrons. The van der Waals surface area contributed by atoms with Crippen LogP contribution < -0.4 is 5.73 Å². The fraction of sp³-hybridized carbons (Fsp3) is 0.385. The molecule has 0 saturated heterocycles. The van der Waals surface area contributed by atoms with E-state index in [0.717, 1.165) is 23.4 Å². The molecule has 2 heterocycles. The molecule has 2 aromatic rings. The van der Waals surface area contributed by atoms with E-state index in [1.165, 1.54) is 17.8 Å². The SMILES string of the molecule is Cc1nn(Cc2cncc(F)c2)c(C)c1CCN. The van der Waals surface area contributed by atoms with Crippen LogP contribution in [0.4, 0.5) is 4.39 Å². The number of aromatic nitrogens is 3. The molecule has 2 rings (SSSR count). The molecule has 2 N–H and O–H groups in total. The van der Waals surface area contributed by atoms with Crippen molar-refractivity contribution >= 4 is 0 Å². The van der Waals surface area contributed by atoms with E-state index < -0.39 is 0 Å². The first-order chi connectivity index (χ1) is 8.61. The lowest BCUT2D eigenvalue weighted by Crippen LogP contribution is -2.07. The summed E-state index contributed by atoms with van der Waals surface area (Å²) in [6, 6.07) is 1.48. The van der Waals surface area contributed by atoms with Gasteiger partial charge in [-0.2, -0.15) is 5.10 Å². The topological polar surface area (TPSA) is 56.7 Å². The average molecular weight is 248 g/mol. The number of pyridine rings is 1. The molecule has 0 saturated carbocycles. The van der Waals surface area contributed by atoms with Gasteiger partial charge in [0.05, 0.1) is 18.4 Å². The van der Waals surface area contributed by atoms with Crippen molar-refractivity contribution in [3.8, 4) is 0 Å². The first-order valence-electron chi connectivity index (χ1n) is 5.94. The minimum Gasteiger partial charge on any atom is -0.330 e. The van der Waals surface area contributed by atoms with Gasteiger partial charge in [0, 0.05) is 11.9 Å². The highest BCUT2D eigenvalue weighted by molar-refractivity contribution is 5.26. The highest BCUT2D eigenvalue weighted by Crippen LogP contribution is 2.15. The predicted octanol–water partition coefficient (Wildman–Crippen LogP) is 1.58. The summed E-state index contributed by atoms with van der Waals surface area (Å²) in [5.74, 6) is -0.323. The summed E-state index contributed by atoms with van der Waals surface area (Å²) in [6.07, 6.45) is 3.67. The molecule has 4 nitrogen and oxygen atoms in total. The van der Waals surface area contributed by atoms with Crippen LogP contribution in [0, 0.1) is 19.7 Å². The molecule has 0 radical (unpaired) electrons. The quantitative estimate of drug-likeness (QED) is 0.893. The molecule has 0 aliphatic heterocycles. The van der Waals surface area contributed by atoms with Gasteiger partial charge in [-0.3, -0.25) is 9.67 Å². The van der Waals surface area contributed by atoms with Gasteiger partial charge in [-0.15, -0.1) is 0 Å². The number of aryl methyl sites for hydroxylation is 1. The molecule has 0 spiro atoms. The van der Waals surface area contributed by atoms with Crippen molar-refractivity contribution in [1.29, 1.82) is 0 Å². The van der Waals surface area contributed by atoms with E-state index in [0.29, 0.717) is 13.1 Å². The fourth-order valence-corrected chi connectivity index (χ4v) is 2.11. The van der Waals surface area contributed by atoms with Crippen LogP contribution in [0.3, 0.4) is 0 Å². The molecule has 18 heavy (non-hydrogen) atoms. The number of hydrogen-bond donors (Lipinski definition) is 1. The third-order valence-corrected chi connectivity index (χ3v) is 3.02. The standard InChI is InChI=1S/C13H17FN4/c1-9-13(3-4-15)10(2)18(17-9)8-11-5-12(14)7-16-6-11/h5-7H,3-4,8,15H2,1-2H3. The van der Waals surface area contributed by atoms with Crippen LogP contribution in [0.15, 0.2) is 18.5 Å². The second-order valence-electron chi connectivity index (χ2n) is 4.36. The molecule has 2 aromatic heterocycles. The summed E-state index contributed by atoms with van der Waals surface area (Å²) in [5, 5.41) is 4.46. The molecular weight excluding hydrogens is 231 g/mol. The lowest BCUT2D eigenvalue weighted by molar-refractivity contribution is 0.608. The van der Waals surface area contributed by atoms with E-state index in [1.807, 2.05) is 18.5 Å². The van der Waals surface area contributed by atoms with Crippen LogP contribution >= 0.6 is 0 Å². The van der Waals surface area contributed by atoms with Gasteiger partial charge < -0.3 is 5.73 Å². The number of nitrogens with zero attached hydrogens (tertiary/aromatic N) is 3. The third-order valence-electron chi connectivity index (χ3n) is 3.02. The van der Waals surface area contributed by atoms with Crippen LogP contribution in [-0.4, -0.2) is 21.3 Å². The molecule has 0 aliphatic carbocycles. The molecule has 0 fully saturated rings. The second kappa shape index (κ2) is 5.27. The predicted molar refractivity (Wildman–Crippen MR) is 67.8 cm³/mol. The maximum Gasteiger partial charge on any atom is 0.141 e. The molecule has 0 atom stereocenters. The van der Waals surface area contributed by atoms with E-state index in [4.69, 9.17) is 5.73 Å².